The van der Waals surface area contributed by atoms with Crippen LogP contribution in [0, 0.1) is 18.2 Å². The number of hydrogen-bond donors (Lipinski definition) is 4. The van der Waals surface area contributed by atoms with E-state index in [9.17, 15) is 21.2 Å². The molecule has 4 N–H and O–H groups in total. The predicted octanol–water partition coefficient (Wildman–Crippen LogP) is 7.62. The molecule has 0 aliphatic rings. The lowest BCUT2D eigenvalue weighted by atomic mass is 10.0. The fraction of sp³-hybridized carbons (Fsp3) is 0.0476. The van der Waals surface area contributed by atoms with E-state index in [0.29, 0.717) is 55.6 Å². The van der Waals surface area contributed by atoms with E-state index < -0.39 is 31.7 Å². The summed E-state index contributed by atoms with van der Waals surface area (Å²) in [6.07, 6.45) is 15.4. The van der Waals surface area contributed by atoms with Crippen LogP contribution in [-0.2, 0) is 25.9 Å². The highest BCUT2D eigenvalue weighted by atomic mass is 35.5. The third kappa shape index (κ3) is 9.06. The van der Waals surface area contributed by atoms with Crippen molar-refractivity contribution < 1.29 is 25.8 Å². The summed E-state index contributed by atoms with van der Waals surface area (Å²) in [6.45, 7) is 0. The Balaban J connectivity index is 1.12. The molecule has 4 heterocycles. The van der Waals surface area contributed by atoms with E-state index >= 15 is 0 Å². The van der Waals surface area contributed by atoms with Gasteiger partial charge in [-0.25, -0.2) is 35.8 Å². The first-order valence-corrected chi connectivity index (χ1v) is 21.7. The van der Waals surface area contributed by atoms with Gasteiger partial charge in [0.15, 0.2) is 11.4 Å². The lowest BCUT2D eigenvalue weighted by Crippen LogP contribution is -2.42. The van der Waals surface area contributed by atoms with Crippen molar-refractivity contribution in [2.45, 2.75) is 5.88 Å². The van der Waals surface area contributed by atoms with Crippen LogP contribution in [0.1, 0.15) is 5.56 Å². The van der Waals surface area contributed by atoms with Crippen LogP contribution < -0.4 is 24.6 Å². The van der Waals surface area contributed by atoms with Crippen LogP contribution in [0.3, 0.4) is 0 Å². The highest BCUT2D eigenvalue weighted by Crippen LogP contribution is 2.32. The van der Waals surface area contributed by atoms with E-state index in [4.69, 9.17) is 18.0 Å². The van der Waals surface area contributed by atoms with Gasteiger partial charge in [0.25, 0.3) is 10.0 Å². The minimum Gasteiger partial charge on any atom is -0.340 e. The molecular weight excluding hydrogens is 827 g/mol. The lowest BCUT2D eigenvalue weighted by Gasteiger charge is -2.14. The maximum atomic E-state index is 14.2. The van der Waals surface area contributed by atoms with E-state index in [1.54, 1.807) is 42.7 Å². The molecule has 298 valence electrons. The van der Waals surface area contributed by atoms with E-state index in [1.807, 2.05) is 42.5 Å². The Hall–Kier alpha value is -7.26. The summed E-state index contributed by atoms with van der Waals surface area (Å²) in [6, 6.07) is 25.5. The van der Waals surface area contributed by atoms with Crippen LogP contribution in [-0.4, -0.2) is 48.0 Å². The van der Waals surface area contributed by atoms with Crippen molar-refractivity contribution in [3.63, 3.8) is 0 Å². The molecule has 0 amide bonds. The smallest absolute Gasteiger partial charge is 0.265 e. The van der Waals surface area contributed by atoms with Crippen molar-refractivity contribution in [3.05, 3.63) is 145 Å². The van der Waals surface area contributed by atoms with Gasteiger partial charge >= 0.3 is 0 Å². The molecule has 18 heteroatoms. The summed E-state index contributed by atoms with van der Waals surface area (Å²) in [5, 5.41) is 7.56. The number of sulfonamides is 2. The molecule has 60 heavy (non-hydrogen) atoms. The zero-order chi connectivity index (χ0) is 42.0. The number of nitrogens with zero attached hydrogens (tertiary/aromatic N) is 6. The molecule has 0 radical (unpaired) electrons. The Morgan fingerprint density at radius 3 is 2.05 bits per heavy atom. The molecule has 4 aromatic carbocycles. The molecule has 0 saturated heterocycles. The number of aromatic nitrogens is 6. The number of benzene rings is 4. The number of terminal acetylenes is 1. The second-order valence-electron chi connectivity index (χ2n) is 13.5. The zero-order valence-electron chi connectivity index (χ0n) is 31.3. The number of pyridine rings is 2. The number of fused-ring (bicyclic) bond motifs is 2. The normalized spacial score (nSPS) is 11.6. The molecular formula is C42H31ClFN10O4S2+. The molecule has 0 aliphatic carbocycles. The third-order valence-corrected chi connectivity index (χ3v) is 11.1. The van der Waals surface area contributed by atoms with Crippen molar-refractivity contribution >= 4 is 87.8 Å². The molecule has 0 fully saturated rings. The predicted molar refractivity (Wildman–Crippen MR) is 231 cm³/mol. The van der Waals surface area contributed by atoms with E-state index in [-0.39, 0.29) is 22.2 Å². The van der Waals surface area contributed by atoms with Gasteiger partial charge in [-0.1, -0.05) is 35.7 Å². The topological polar surface area (TPSA) is 185 Å². The summed E-state index contributed by atoms with van der Waals surface area (Å²) >= 11 is 6.12. The summed E-state index contributed by atoms with van der Waals surface area (Å²) in [7, 11) is -7.74. The maximum absolute atomic E-state index is 14.2. The van der Waals surface area contributed by atoms with Gasteiger partial charge in [-0.05, 0) is 83.9 Å². The quantitative estimate of drug-likeness (QED) is 0.0700. The Morgan fingerprint density at radius 2 is 1.37 bits per heavy atom. The average molecular weight is 858 g/mol. The van der Waals surface area contributed by atoms with Gasteiger partial charge in [-0.15, -0.1) is 11.4 Å². The van der Waals surface area contributed by atoms with Gasteiger partial charge in [0.05, 0.1) is 51.6 Å². The SMILES string of the molecule is C#Cc1cccc(Nc2ncnc3ccc(-c4cncc(NS(=O)(=O)C[n+]5cnc6ccc(-c7cncc(NS(C)(=O)=O)c7)cc6c5Nc5ccc(F)c(Cl)c5)c4)cc23)c1. The Morgan fingerprint density at radius 1 is 0.700 bits per heavy atom. The van der Waals surface area contributed by atoms with E-state index in [0.717, 1.165) is 17.5 Å². The number of anilines is 6. The summed E-state index contributed by atoms with van der Waals surface area (Å²) < 4.78 is 72.3. The van der Waals surface area contributed by atoms with E-state index in [2.05, 4.69) is 50.9 Å². The van der Waals surface area contributed by atoms with Crippen LogP contribution in [0.4, 0.5) is 38.8 Å². The summed E-state index contributed by atoms with van der Waals surface area (Å²) in [5.74, 6) is 2.22. The van der Waals surface area contributed by atoms with Crippen molar-refractivity contribution in [2.24, 2.45) is 0 Å². The van der Waals surface area contributed by atoms with Gasteiger partial charge in [0.2, 0.25) is 22.2 Å². The minimum absolute atomic E-state index is 0.144. The van der Waals surface area contributed by atoms with Crippen molar-refractivity contribution in [2.75, 3.05) is 26.3 Å². The zero-order valence-corrected chi connectivity index (χ0v) is 33.7. The lowest BCUT2D eigenvalue weighted by molar-refractivity contribution is -0.664. The first kappa shape index (κ1) is 39.6. The molecule has 8 aromatic rings. The number of nitrogens with one attached hydrogen (secondary N) is 4. The largest absolute Gasteiger partial charge is 0.340 e. The molecule has 4 aromatic heterocycles. The molecule has 0 atom stereocenters. The fourth-order valence-corrected chi connectivity index (χ4v) is 8.20. The highest BCUT2D eigenvalue weighted by Gasteiger charge is 2.23. The third-order valence-electron chi connectivity index (χ3n) is 9.01. The van der Waals surface area contributed by atoms with Crippen molar-refractivity contribution in [3.8, 4) is 34.6 Å². The van der Waals surface area contributed by atoms with Crippen molar-refractivity contribution in [1.29, 1.82) is 0 Å². The second-order valence-corrected chi connectivity index (χ2v) is 17.3. The van der Waals surface area contributed by atoms with Gasteiger partial charge in [0.1, 0.15) is 18.0 Å². The summed E-state index contributed by atoms with van der Waals surface area (Å²) in [4.78, 5) is 21.9. The Kier molecular flexibility index (Phi) is 10.7. The van der Waals surface area contributed by atoms with Gasteiger partial charge in [0, 0.05) is 40.2 Å². The molecule has 0 spiro atoms. The van der Waals surface area contributed by atoms with Crippen LogP contribution in [0.25, 0.3) is 44.1 Å². The second kappa shape index (κ2) is 16.2. The highest BCUT2D eigenvalue weighted by molar-refractivity contribution is 7.92. The maximum Gasteiger partial charge on any atom is 0.265 e. The standard InChI is InChI=1S/C42H30ClFN10O4S2/c1-3-26-5-4-6-31(13-26)50-41-35-16-27(7-11-39(35)47-23-48-41)30-15-34(22-46-20-30)53-60(57,58)25-54-24-49-40-12-8-28(29-14-33(21-45-19-29)52-59(2,55)56)17-36(40)42(54)51-32-9-10-38(44)37(43)18-32/h1,4-24,52-53H,25H2,2H3,(H,47,48,50)/p+1. The molecule has 0 aliphatic heterocycles. The summed E-state index contributed by atoms with van der Waals surface area (Å²) in [5.41, 5.74) is 6.01. The first-order chi connectivity index (χ1) is 28.8. The molecule has 0 unspecified atom stereocenters. The Bertz CT molecular complexity index is 3260. The molecule has 14 nitrogen and oxygen atoms in total. The van der Waals surface area contributed by atoms with E-state index in [1.165, 1.54) is 47.8 Å². The number of rotatable bonds is 12. The first-order valence-electron chi connectivity index (χ1n) is 17.8. The van der Waals surface area contributed by atoms with Gasteiger partial charge in [-0.2, -0.15) is 0 Å². The van der Waals surface area contributed by atoms with Crippen molar-refractivity contribution in [1.82, 2.24) is 24.9 Å². The van der Waals surface area contributed by atoms with Crippen LogP contribution in [0.2, 0.25) is 5.02 Å². The molecule has 8 rings (SSSR count). The monoisotopic (exact) mass is 857 g/mol. The van der Waals surface area contributed by atoms with Crippen LogP contribution in [0.5, 0.6) is 0 Å². The molecule has 0 saturated carbocycles. The number of hydrogen-bond acceptors (Lipinski definition) is 11. The van der Waals surface area contributed by atoms with Gasteiger partial charge < -0.3 is 5.32 Å². The number of halogens is 2. The van der Waals surface area contributed by atoms with Crippen LogP contribution in [0.15, 0.2) is 128 Å². The van der Waals surface area contributed by atoms with Crippen LogP contribution >= 0.6 is 11.6 Å². The van der Waals surface area contributed by atoms with Gasteiger partial charge in [-0.3, -0.25) is 24.7 Å². The fourth-order valence-electron chi connectivity index (χ4n) is 6.39. The Labute approximate surface area is 348 Å². The average Bonchev–Trinajstić information content (AvgIpc) is 3.22. The molecule has 0 bridgehead atoms. The minimum atomic E-state index is -4.16.